The highest BCUT2D eigenvalue weighted by atomic mass is 16.5. The number of carbonyl (C=O) groups excluding carboxylic acids is 1. The van der Waals surface area contributed by atoms with Crippen LogP contribution in [-0.2, 0) is 0 Å². The van der Waals surface area contributed by atoms with Gasteiger partial charge in [0, 0.05) is 11.8 Å². The number of amides is 1. The first-order chi connectivity index (χ1) is 15.1. The molecule has 0 spiro atoms. The Bertz CT molecular complexity index is 1180. The largest absolute Gasteiger partial charge is 0.438 e. The van der Waals surface area contributed by atoms with Crippen molar-refractivity contribution < 1.29 is 9.53 Å². The van der Waals surface area contributed by atoms with Crippen LogP contribution in [0.4, 0.5) is 0 Å². The fourth-order valence-electron chi connectivity index (χ4n) is 3.20. The minimum absolute atomic E-state index is 0.172. The van der Waals surface area contributed by atoms with Crippen LogP contribution in [0.25, 0.3) is 11.4 Å². The topological polar surface area (TPSA) is 64.1 Å². The molecule has 1 atom stereocenters. The molecule has 0 aliphatic rings. The highest BCUT2D eigenvalue weighted by Gasteiger charge is 2.20. The van der Waals surface area contributed by atoms with Crippen molar-refractivity contribution in [3.05, 3.63) is 108 Å². The van der Waals surface area contributed by atoms with Crippen LogP contribution in [0.5, 0.6) is 11.6 Å². The van der Waals surface area contributed by atoms with Crippen molar-refractivity contribution in [2.45, 2.75) is 19.9 Å². The van der Waals surface area contributed by atoms with Crippen LogP contribution in [0, 0.1) is 6.92 Å². The van der Waals surface area contributed by atoms with E-state index in [1.165, 1.54) is 6.20 Å². The fraction of sp³-hybridized carbons (Fsp3) is 0.115. The molecule has 0 aliphatic heterocycles. The van der Waals surface area contributed by atoms with E-state index in [1.807, 2.05) is 98.8 Å². The zero-order valence-electron chi connectivity index (χ0n) is 17.4. The highest BCUT2D eigenvalue weighted by Crippen LogP contribution is 2.28. The first-order valence-corrected chi connectivity index (χ1v) is 10.1. The number of nitrogens with one attached hydrogen (secondary N) is 1. The third-order valence-electron chi connectivity index (χ3n) is 4.98. The van der Waals surface area contributed by atoms with Crippen LogP contribution in [-0.4, -0.2) is 15.9 Å². The third kappa shape index (κ3) is 4.78. The Morgan fingerprint density at radius 3 is 2.26 bits per heavy atom. The average Bonchev–Trinajstić information content (AvgIpc) is 2.81. The summed E-state index contributed by atoms with van der Waals surface area (Å²) >= 11 is 0. The summed E-state index contributed by atoms with van der Waals surface area (Å²) in [4.78, 5) is 22.1. The molecule has 1 aromatic heterocycles. The Morgan fingerprint density at radius 1 is 0.903 bits per heavy atom. The van der Waals surface area contributed by atoms with Gasteiger partial charge in [0.2, 0.25) is 5.88 Å². The van der Waals surface area contributed by atoms with Gasteiger partial charge in [-0.1, -0.05) is 78.9 Å². The van der Waals surface area contributed by atoms with Gasteiger partial charge in [-0.2, -0.15) is 4.98 Å². The summed E-state index contributed by atoms with van der Waals surface area (Å²) in [7, 11) is 0. The second-order valence-corrected chi connectivity index (χ2v) is 7.25. The van der Waals surface area contributed by atoms with Crippen LogP contribution >= 0.6 is 0 Å². The Hall–Kier alpha value is -3.99. The predicted molar refractivity (Wildman–Crippen MR) is 121 cm³/mol. The molecule has 1 N–H and O–H groups in total. The summed E-state index contributed by atoms with van der Waals surface area (Å²) in [5.74, 6) is 1.07. The van der Waals surface area contributed by atoms with E-state index in [-0.39, 0.29) is 23.4 Å². The van der Waals surface area contributed by atoms with E-state index >= 15 is 0 Å². The first-order valence-electron chi connectivity index (χ1n) is 10.1. The quantitative estimate of drug-likeness (QED) is 0.441. The van der Waals surface area contributed by atoms with Gasteiger partial charge in [0.25, 0.3) is 5.91 Å². The lowest BCUT2D eigenvalue weighted by Gasteiger charge is -2.16. The second kappa shape index (κ2) is 9.22. The fourth-order valence-corrected chi connectivity index (χ4v) is 3.20. The summed E-state index contributed by atoms with van der Waals surface area (Å²) < 4.78 is 6.10. The lowest BCUT2D eigenvalue weighted by atomic mass is 10.1. The van der Waals surface area contributed by atoms with Gasteiger partial charge in [-0.3, -0.25) is 4.79 Å². The van der Waals surface area contributed by atoms with Gasteiger partial charge in [0.1, 0.15) is 11.3 Å². The summed E-state index contributed by atoms with van der Waals surface area (Å²) in [6.45, 7) is 3.89. The SMILES string of the molecule is Cc1ccccc1Oc1nc(-c2ccccc2)ncc1C(=O)N[C@H](C)c1ccccc1. The van der Waals surface area contributed by atoms with Crippen LogP contribution in [0.1, 0.15) is 34.5 Å². The molecule has 0 saturated carbocycles. The number of hydrogen-bond acceptors (Lipinski definition) is 4. The van der Waals surface area contributed by atoms with Crippen molar-refractivity contribution >= 4 is 5.91 Å². The van der Waals surface area contributed by atoms with Crippen LogP contribution in [0.3, 0.4) is 0 Å². The van der Waals surface area contributed by atoms with Crippen molar-refractivity contribution in [2.24, 2.45) is 0 Å². The molecule has 5 heteroatoms. The van der Waals surface area contributed by atoms with Crippen molar-refractivity contribution in [1.29, 1.82) is 0 Å². The minimum atomic E-state index is -0.292. The van der Waals surface area contributed by atoms with Gasteiger partial charge in [-0.15, -0.1) is 0 Å². The second-order valence-electron chi connectivity index (χ2n) is 7.25. The monoisotopic (exact) mass is 409 g/mol. The molecule has 0 fully saturated rings. The Labute approximate surface area is 181 Å². The summed E-state index contributed by atoms with van der Waals surface area (Å²) in [6.07, 6.45) is 1.52. The molecule has 0 aliphatic carbocycles. The van der Waals surface area contributed by atoms with Crippen molar-refractivity contribution in [3.8, 4) is 23.0 Å². The molecule has 0 unspecified atom stereocenters. The molecule has 3 aromatic carbocycles. The van der Waals surface area contributed by atoms with E-state index < -0.39 is 0 Å². The Morgan fingerprint density at radius 2 is 1.55 bits per heavy atom. The zero-order valence-corrected chi connectivity index (χ0v) is 17.4. The normalized spacial score (nSPS) is 11.5. The molecule has 0 bridgehead atoms. The number of nitrogens with zero attached hydrogens (tertiary/aromatic N) is 2. The molecule has 0 saturated heterocycles. The third-order valence-corrected chi connectivity index (χ3v) is 4.98. The average molecular weight is 409 g/mol. The van der Waals surface area contributed by atoms with Crippen molar-refractivity contribution in [3.63, 3.8) is 0 Å². The van der Waals surface area contributed by atoms with Gasteiger partial charge < -0.3 is 10.1 Å². The van der Waals surface area contributed by atoms with E-state index in [9.17, 15) is 4.79 Å². The number of carbonyl (C=O) groups is 1. The molecule has 1 amide bonds. The van der Waals surface area contributed by atoms with Crippen molar-refractivity contribution in [1.82, 2.24) is 15.3 Å². The summed E-state index contributed by atoms with van der Waals surface area (Å²) in [6, 6.07) is 26.9. The number of hydrogen-bond donors (Lipinski definition) is 1. The molecule has 31 heavy (non-hydrogen) atoms. The first kappa shape index (κ1) is 20.3. The molecule has 154 valence electrons. The maximum atomic E-state index is 13.1. The summed E-state index contributed by atoms with van der Waals surface area (Å²) in [5, 5.41) is 3.01. The number of aryl methyl sites for hydroxylation is 1. The van der Waals surface area contributed by atoms with Crippen LogP contribution in [0.15, 0.2) is 91.1 Å². The van der Waals surface area contributed by atoms with E-state index in [0.717, 1.165) is 16.7 Å². The van der Waals surface area contributed by atoms with E-state index in [2.05, 4.69) is 15.3 Å². The van der Waals surface area contributed by atoms with E-state index in [4.69, 9.17) is 4.74 Å². The Kier molecular flexibility index (Phi) is 6.03. The zero-order chi connectivity index (χ0) is 21.6. The Balaban J connectivity index is 1.68. The van der Waals surface area contributed by atoms with Crippen LogP contribution in [0.2, 0.25) is 0 Å². The molecule has 1 heterocycles. The van der Waals surface area contributed by atoms with Gasteiger partial charge in [-0.25, -0.2) is 4.98 Å². The maximum Gasteiger partial charge on any atom is 0.258 e. The summed E-state index contributed by atoms with van der Waals surface area (Å²) in [5.41, 5.74) is 3.10. The molecule has 4 rings (SSSR count). The molecule has 0 radical (unpaired) electrons. The van der Waals surface area contributed by atoms with Gasteiger partial charge in [0.15, 0.2) is 5.82 Å². The highest BCUT2D eigenvalue weighted by molar-refractivity contribution is 5.96. The molecule has 5 nitrogen and oxygen atoms in total. The van der Waals surface area contributed by atoms with Gasteiger partial charge in [-0.05, 0) is 31.0 Å². The van der Waals surface area contributed by atoms with Gasteiger partial charge in [0.05, 0.1) is 6.04 Å². The number of para-hydroxylation sites is 1. The van der Waals surface area contributed by atoms with E-state index in [1.54, 1.807) is 0 Å². The lowest BCUT2D eigenvalue weighted by molar-refractivity contribution is 0.0936. The molecular formula is C26H23N3O2. The standard InChI is InChI=1S/C26H23N3O2/c1-18-11-9-10-16-23(18)31-26-22(17-27-24(29-26)21-14-7-4-8-15-21)25(30)28-19(2)20-12-5-3-6-13-20/h3-17,19H,1-2H3,(H,28,30)/t19-/m1/s1. The number of aromatic nitrogens is 2. The van der Waals surface area contributed by atoms with Crippen molar-refractivity contribution in [2.75, 3.05) is 0 Å². The molecular weight excluding hydrogens is 386 g/mol. The predicted octanol–water partition coefficient (Wildman–Crippen LogP) is 5.74. The van der Waals surface area contributed by atoms with Gasteiger partial charge >= 0.3 is 0 Å². The number of rotatable bonds is 6. The smallest absolute Gasteiger partial charge is 0.258 e. The number of ether oxygens (including phenoxy) is 1. The number of benzene rings is 3. The maximum absolute atomic E-state index is 13.1. The lowest BCUT2D eigenvalue weighted by Crippen LogP contribution is -2.27. The molecule has 4 aromatic rings. The van der Waals surface area contributed by atoms with Crippen LogP contribution < -0.4 is 10.1 Å². The van der Waals surface area contributed by atoms with E-state index in [0.29, 0.717) is 11.6 Å². The minimum Gasteiger partial charge on any atom is -0.438 e.